The van der Waals surface area contributed by atoms with Crippen LogP contribution in [0.1, 0.15) is 106 Å². The number of ether oxygens (including phenoxy) is 1. The average molecular weight is 489 g/mol. The molecule has 5 fully saturated rings. The van der Waals surface area contributed by atoms with E-state index in [2.05, 4.69) is 34.6 Å². The quantitative estimate of drug-likeness (QED) is 0.463. The van der Waals surface area contributed by atoms with E-state index in [1.54, 1.807) is 0 Å². The Kier molecular flexibility index (Phi) is 5.46. The van der Waals surface area contributed by atoms with E-state index in [9.17, 15) is 19.8 Å². The highest BCUT2D eigenvalue weighted by Crippen LogP contribution is 2.77. The number of carboxylic acids is 2. The van der Waals surface area contributed by atoms with Gasteiger partial charge >= 0.3 is 11.9 Å². The molecular weight excluding hydrogens is 440 g/mol. The maximum atomic E-state index is 12.4. The Labute approximate surface area is 211 Å². The molecule has 1 aliphatic heterocycles. The van der Waals surface area contributed by atoms with Gasteiger partial charge in [0.05, 0.1) is 24.5 Å². The first-order valence-electron chi connectivity index (χ1n) is 14.1. The monoisotopic (exact) mass is 488 g/mol. The molecule has 35 heavy (non-hydrogen) atoms. The predicted octanol–water partition coefficient (Wildman–Crippen LogP) is 6.64. The zero-order chi connectivity index (χ0) is 25.8. The molecule has 5 heteroatoms. The van der Waals surface area contributed by atoms with Crippen LogP contribution < -0.4 is 0 Å². The highest BCUT2D eigenvalue weighted by Gasteiger charge is 2.72. The van der Waals surface area contributed by atoms with Gasteiger partial charge in [-0.1, -0.05) is 34.6 Å². The van der Waals surface area contributed by atoms with Gasteiger partial charge in [0.2, 0.25) is 0 Å². The maximum absolute atomic E-state index is 12.4. The van der Waals surface area contributed by atoms with Gasteiger partial charge in [0.15, 0.2) is 0 Å². The van der Waals surface area contributed by atoms with Crippen LogP contribution in [0.25, 0.3) is 0 Å². The Morgan fingerprint density at radius 2 is 1.54 bits per heavy atom. The van der Waals surface area contributed by atoms with Crippen LogP contribution in [0, 0.1) is 56.2 Å². The third-order valence-corrected chi connectivity index (χ3v) is 13.4. The standard InChI is InChI=1S/C30H48O5/c1-25(2)12-14-30-15-13-28(6)18(22(30)23(25)35-17-30)8-9-20-27(5,16-21(31)32)19(10-11-29(20,28)7)26(3,4)24(33)34/h18-20,22-23H,8-17H2,1-7H3,(H,31,32)(H,33,34)/t18-,19+,20-,22+,23-,27+,28-,29-,30-/m1/s1. The minimum atomic E-state index is -0.944. The van der Waals surface area contributed by atoms with Crippen LogP contribution in [0.3, 0.4) is 0 Å². The number of hydrogen-bond donors (Lipinski definition) is 2. The van der Waals surface area contributed by atoms with E-state index >= 15 is 0 Å². The van der Waals surface area contributed by atoms with Crippen LogP contribution in [0.5, 0.6) is 0 Å². The van der Waals surface area contributed by atoms with Crippen molar-refractivity contribution >= 4 is 11.9 Å². The summed E-state index contributed by atoms with van der Waals surface area (Å²) in [5.74, 6) is -0.332. The number of rotatable bonds is 4. The molecule has 0 radical (unpaired) electrons. The molecule has 5 aliphatic rings. The SMILES string of the molecule is CC1(C)CC[C@]23CC[C@]4(C)[C@H](CC[C@@H]5[C@@](C)(CC(=O)O)[C@H](C(C)(C)C(=O)O)CC[C@]54C)[C@H]2[C@H]1OC3. The third-order valence-electron chi connectivity index (χ3n) is 13.4. The van der Waals surface area contributed by atoms with Gasteiger partial charge in [0.25, 0.3) is 0 Å². The fourth-order valence-corrected chi connectivity index (χ4v) is 11.2. The fourth-order valence-electron chi connectivity index (χ4n) is 11.2. The van der Waals surface area contributed by atoms with E-state index in [0.717, 1.165) is 32.3 Å². The van der Waals surface area contributed by atoms with E-state index in [1.807, 2.05) is 13.8 Å². The van der Waals surface area contributed by atoms with E-state index in [1.165, 1.54) is 25.7 Å². The third kappa shape index (κ3) is 3.15. The Morgan fingerprint density at radius 3 is 2.17 bits per heavy atom. The van der Waals surface area contributed by atoms with Crippen LogP contribution in [0.2, 0.25) is 0 Å². The van der Waals surface area contributed by atoms with E-state index in [4.69, 9.17) is 4.74 Å². The van der Waals surface area contributed by atoms with Crippen LogP contribution in [0.15, 0.2) is 0 Å². The van der Waals surface area contributed by atoms with Gasteiger partial charge in [0.1, 0.15) is 0 Å². The molecule has 0 aromatic heterocycles. The summed E-state index contributed by atoms with van der Waals surface area (Å²) in [5.41, 5.74) is -0.803. The van der Waals surface area contributed by atoms with Crippen molar-refractivity contribution in [3.05, 3.63) is 0 Å². The predicted molar refractivity (Wildman–Crippen MR) is 135 cm³/mol. The number of carboxylic acid groups (broad SMARTS) is 2. The number of carbonyl (C=O) groups is 2. The largest absolute Gasteiger partial charge is 0.481 e. The van der Waals surface area contributed by atoms with Crippen molar-refractivity contribution in [3.8, 4) is 0 Å². The molecule has 198 valence electrons. The molecule has 5 nitrogen and oxygen atoms in total. The minimum absolute atomic E-state index is 0.00778. The topological polar surface area (TPSA) is 83.8 Å². The van der Waals surface area contributed by atoms with E-state index in [-0.39, 0.29) is 34.5 Å². The van der Waals surface area contributed by atoms with Crippen molar-refractivity contribution in [3.63, 3.8) is 0 Å². The molecule has 1 saturated heterocycles. The number of aliphatic carboxylic acids is 2. The van der Waals surface area contributed by atoms with Crippen molar-refractivity contribution in [2.75, 3.05) is 6.61 Å². The second-order valence-corrected chi connectivity index (χ2v) is 15.4. The summed E-state index contributed by atoms with van der Waals surface area (Å²) in [5, 5.41) is 20.2. The molecule has 4 aliphatic carbocycles. The van der Waals surface area contributed by atoms with Gasteiger partial charge in [-0.15, -0.1) is 0 Å². The van der Waals surface area contributed by atoms with Crippen LogP contribution in [-0.2, 0) is 14.3 Å². The Bertz CT molecular complexity index is 924. The first-order chi connectivity index (χ1) is 16.1. The van der Waals surface area contributed by atoms with Gasteiger partial charge in [-0.05, 0) is 116 Å². The highest BCUT2D eigenvalue weighted by molar-refractivity contribution is 5.75. The maximum Gasteiger partial charge on any atom is 0.309 e. The van der Waals surface area contributed by atoms with E-state index in [0.29, 0.717) is 23.4 Å². The summed E-state index contributed by atoms with van der Waals surface area (Å²) >= 11 is 0. The Balaban J connectivity index is 1.57. The Morgan fingerprint density at radius 1 is 0.886 bits per heavy atom. The molecule has 5 rings (SSSR count). The molecule has 2 bridgehead atoms. The highest BCUT2D eigenvalue weighted by atomic mass is 16.5. The van der Waals surface area contributed by atoms with Gasteiger partial charge < -0.3 is 14.9 Å². The van der Waals surface area contributed by atoms with Gasteiger partial charge in [0, 0.05) is 0 Å². The molecule has 2 N–H and O–H groups in total. The zero-order valence-corrected chi connectivity index (χ0v) is 23.1. The van der Waals surface area contributed by atoms with Crippen LogP contribution >= 0.6 is 0 Å². The second kappa shape index (κ2) is 7.48. The van der Waals surface area contributed by atoms with Crippen molar-refractivity contribution in [2.24, 2.45) is 56.2 Å². The summed E-state index contributed by atoms with van der Waals surface area (Å²) in [7, 11) is 0. The summed E-state index contributed by atoms with van der Waals surface area (Å²) in [6.45, 7) is 16.5. The lowest BCUT2D eigenvalue weighted by Gasteiger charge is -2.72. The molecular formula is C30H48O5. The molecule has 1 heterocycles. The molecule has 0 spiro atoms. The summed E-state index contributed by atoms with van der Waals surface area (Å²) < 4.78 is 6.63. The summed E-state index contributed by atoms with van der Waals surface area (Å²) in [6, 6.07) is 0. The zero-order valence-electron chi connectivity index (χ0n) is 23.1. The van der Waals surface area contributed by atoms with E-state index < -0.39 is 22.8 Å². The van der Waals surface area contributed by atoms with Crippen molar-refractivity contribution in [2.45, 2.75) is 112 Å². The molecule has 0 aromatic rings. The Hall–Kier alpha value is -1.10. The smallest absolute Gasteiger partial charge is 0.309 e. The first kappa shape index (κ1) is 25.5. The van der Waals surface area contributed by atoms with Crippen LogP contribution in [0.4, 0.5) is 0 Å². The van der Waals surface area contributed by atoms with Gasteiger partial charge in [-0.2, -0.15) is 0 Å². The molecule has 4 saturated carbocycles. The molecule has 0 aromatic carbocycles. The first-order valence-corrected chi connectivity index (χ1v) is 14.1. The summed E-state index contributed by atoms with van der Waals surface area (Å²) in [6.07, 6.45) is 9.23. The van der Waals surface area contributed by atoms with Crippen molar-refractivity contribution < 1.29 is 24.5 Å². The normalized spacial score (nSPS) is 50.5. The minimum Gasteiger partial charge on any atom is -0.481 e. The second-order valence-electron chi connectivity index (χ2n) is 15.4. The van der Waals surface area contributed by atoms with Crippen molar-refractivity contribution in [1.82, 2.24) is 0 Å². The number of fused-ring (bicyclic) bond motifs is 3. The molecule has 0 amide bonds. The lowest BCUT2D eigenvalue weighted by atomic mass is 9.32. The summed E-state index contributed by atoms with van der Waals surface area (Å²) in [4.78, 5) is 24.6. The van der Waals surface area contributed by atoms with Crippen LogP contribution in [-0.4, -0.2) is 34.9 Å². The molecule has 0 unspecified atom stereocenters. The van der Waals surface area contributed by atoms with Crippen molar-refractivity contribution in [1.29, 1.82) is 0 Å². The average Bonchev–Trinajstić information content (AvgIpc) is 3.07. The fraction of sp³-hybridized carbons (Fsp3) is 0.933. The lowest BCUT2D eigenvalue weighted by Crippen LogP contribution is -2.67. The molecule has 9 atom stereocenters. The number of hydrogen-bond acceptors (Lipinski definition) is 3. The van der Waals surface area contributed by atoms with Gasteiger partial charge in [-0.3, -0.25) is 9.59 Å². The lowest BCUT2D eigenvalue weighted by molar-refractivity contribution is -0.237. The van der Waals surface area contributed by atoms with Gasteiger partial charge in [-0.25, -0.2) is 0 Å².